The Hall–Kier alpha value is -1.51. The largest absolute Gasteiger partial charge is 0.508 e. The van der Waals surface area contributed by atoms with Crippen LogP contribution in [0.4, 0.5) is 4.79 Å². The van der Waals surface area contributed by atoms with Crippen molar-refractivity contribution in [2.24, 2.45) is 0 Å². The zero-order valence-corrected chi connectivity index (χ0v) is 15.5. The summed E-state index contributed by atoms with van der Waals surface area (Å²) in [6.45, 7) is 4.84. The van der Waals surface area contributed by atoms with Gasteiger partial charge in [0, 0.05) is 0 Å². The van der Waals surface area contributed by atoms with Gasteiger partial charge in [0.05, 0.1) is 6.61 Å². The minimum atomic E-state index is -0.533. The number of unbranched alkanes of at least 4 members (excludes halogenated alkanes) is 7. The third-order valence-corrected chi connectivity index (χ3v) is 4.20. The van der Waals surface area contributed by atoms with E-state index in [9.17, 15) is 4.79 Å². The molecular weight excluding hydrogens is 300 g/mol. The Kier molecular flexibility index (Phi) is 11.9. The van der Waals surface area contributed by atoms with Crippen molar-refractivity contribution in [1.29, 1.82) is 0 Å². The zero-order valence-electron chi connectivity index (χ0n) is 15.5. The molecule has 0 spiro atoms. The maximum absolute atomic E-state index is 12.0. The van der Waals surface area contributed by atoms with Crippen molar-refractivity contribution in [2.75, 3.05) is 6.61 Å². The quantitative estimate of drug-likeness (QED) is 0.293. The predicted molar refractivity (Wildman–Crippen MR) is 99.1 cm³/mol. The van der Waals surface area contributed by atoms with Crippen LogP contribution in [0.3, 0.4) is 0 Å². The van der Waals surface area contributed by atoms with Crippen molar-refractivity contribution >= 4 is 6.16 Å². The molecule has 136 valence electrons. The van der Waals surface area contributed by atoms with E-state index in [2.05, 4.69) is 13.8 Å². The first-order chi connectivity index (χ1) is 11.8. The van der Waals surface area contributed by atoms with Gasteiger partial charge in [0.15, 0.2) is 0 Å². The lowest BCUT2D eigenvalue weighted by Crippen LogP contribution is -2.14. The Bertz CT molecular complexity index is 416. The van der Waals surface area contributed by atoms with Gasteiger partial charge in [-0.1, -0.05) is 89.1 Å². The highest BCUT2D eigenvalue weighted by atomic mass is 16.7. The first-order valence-electron chi connectivity index (χ1n) is 9.66. The van der Waals surface area contributed by atoms with E-state index in [-0.39, 0.29) is 6.10 Å². The second-order valence-electron chi connectivity index (χ2n) is 6.38. The monoisotopic (exact) mass is 334 g/mol. The van der Waals surface area contributed by atoms with Crippen LogP contribution in [0.15, 0.2) is 30.3 Å². The number of hydrogen-bond donors (Lipinski definition) is 0. The van der Waals surface area contributed by atoms with Gasteiger partial charge < -0.3 is 9.47 Å². The maximum atomic E-state index is 12.0. The molecule has 1 aromatic rings. The fourth-order valence-corrected chi connectivity index (χ4v) is 2.73. The molecule has 1 atom stereocenters. The van der Waals surface area contributed by atoms with Crippen molar-refractivity contribution in [2.45, 2.75) is 84.2 Å². The molecule has 1 rings (SSSR count). The molecule has 0 N–H and O–H groups in total. The third kappa shape index (κ3) is 9.59. The van der Waals surface area contributed by atoms with Crippen LogP contribution in [0, 0.1) is 0 Å². The molecule has 0 amide bonds. The van der Waals surface area contributed by atoms with Crippen LogP contribution in [0.5, 0.6) is 0 Å². The highest BCUT2D eigenvalue weighted by molar-refractivity contribution is 5.60. The molecule has 1 unspecified atom stereocenters. The van der Waals surface area contributed by atoms with Gasteiger partial charge in [0.25, 0.3) is 0 Å². The van der Waals surface area contributed by atoms with Crippen LogP contribution in [0.1, 0.15) is 89.7 Å². The van der Waals surface area contributed by atoms with Crippen LogP contribution >= 0.6 is 0 Å². The van der Waals surface area contributed by atoms with Crippen molar-refractivity contribution in [1.82, 2.24) is 0 Å². The highest BCUT2D eigenvalue weighted by Gasteiger charge is 2.17. The Labute approximate surface area is 147 Å². The maximum Gasteiger partial charge on any atom is 0.508 e. The number of benzene rings is 1. The molecule has 0 saturated heterocycles. The Morgan fingerprint density at radius 2 is 1.50 bits per heavy atom. The van der Waals surface area contributed by atoms with Crippen LogP contribution in [0.2, 0.25) is 0 Å². The van der Waals surface area contributed by atoms with E-state index < -0.39 is 6.16 Å². The van der Waals surface area contributed by atoms with Crippen LogP contribution in [-0.4, -0.2) is 12.8 Å². The van der Waals surface area contributed by atoms with Gasteiger partial charge >= 0.3 is 6.16 Å². The highest BCUT2D eigenvalue weighted by Crippen LogP contribution is 2.24. The fourth-order valence-electron chi connectivity index (χ4n) is 2.73. The van der Waals surface area contributed by atoms with Gasteiger partial charge in [0.1, 0.15) is 6.10 Å². The van der Waals surface area contributed by atoms with Gasteiger partial charge in [-0.15, -0.1) is 0 Å². The van der Waals surface area contributed by atoms with Crippen LogP contribution in [-0.2, 0) is 9.47 Å². The van der Waals surface area contributed by atoms with E-state index >= 15 is 0 Å². The first kappa shape index (κ1) is 20.5. The van der Waals surface area contributed by atoms with Crippen LogP contribution in [0.25, 0.3) is 0 Å². The Morgan fingerprint density at radius 1 is 0.875 bits per heavy atom. The summed E-state index contributed by atoms with van der Waals surface area (Å²) in [6.07, 6.45) is 10.5. The first-order valence-corrected chi connectivity index (χ1v) is 9.66. The molecule has 0 aliphatic carbocycles. The molecule has 3 heteroatoms. The number of carbonyl (C=O) groups excluding carboxylic acids is 1. The molecule has 0 radical (unpaired) electrons. The fraction of sp³-hybridized carbons (Fsp3) is 0.667. The number of hydrogen-bond acceptors (Lipinski definition) is 3. The molecule has 3 nitrogen and oxygen atoms in total. The van der Waals surface area contributed by atoms with Gasteiger partial charge in [0.2, 0.25) is 0 Å². The number of rotatable bonds is 13. The molecular formula is C21H34O3. The van der Waals surface area contributed by atoms with E-state index in [0.29, 0.717) is 6.61 Å². The molecule has 1 aromatic carbocycles. The van der Waals surface area contributed by atoms with E-state index in [0.717, 1.165) is 31.2 Å². The summed E-state index contributed by atoms with van der Waals surface area (Å²) in [7, 11) is 0. The van der Waals surface area contributed by atoms with Crippen molar-refractivity contribution < 1.29 is 14.3 Å². The minimum Gasteiger partial charge on any atom is -0.434 e. The molecule has 24 heavy (non-hydrogen) atoms. The van der Waals surface area contributed by atoms with Gasteiger partial charge in [-0.25, -0.2) is 4.79 Å². The summed E-state index contributed by atoms with van der Waals surface area (Å²) in [5.41, 5.74) is 1.05. The smallest absolute Gasteiger partial charge is 0.434 e. The molecule has 0 bridgehead atoms. The normalized spacial score (nSPS) is 11.9. The van der Waals surface area contributed by atoms with Crippen molar-refractivity contribution in [3.05, 3.63) is 35.9 Å². The summed E-state index contributed by atoms with van der Waals surface area (Å²) < 4.78 is 10.8. The Balaban J connectivity index is 2.39. The lowest BCUT2D eigenvalue weighted by atomic mass is 10.0. The average molecular weight is 334 g/mol. The lowest BCUT2D eigenvalue weighted by molar-refractivity contribution is 0.0182. The van der Waals surface area contributed by atoms with Gasteiger partial charge in [-0.3, -0.25) is 0 Å². The van der Waals surface area contributed by atoms with Crippen molar-refractivity contribution in [3.63, 3.8) is 0 Å². The predicted octanol–water partition coefficient (Wildman–Crippen LogP) is 6.82. The summed E-state index contributed by atoms with van der Waals surface area (Å²) in [5, 5.41) is 0. The summed E-state index contributed by atoms with van der Waals surface area (Å²) >= 11 is 0. The molecule has 0 aromatic heterocycles. The summed E-state index contributed by atoms with van der Waals surface area (Å²) in [4.78, 5) is 12.0. The minimum absolute atomic E-state index is 0.198. The summed E-state index contributed by atoms with van der Waals surface area (Å²) in [5.74, 6) is 0. The second-order valence-corrected chi connectivity index (χ2v) is 6.38. The summed E-state index contributed by atoms with van der Waals surface area (Å²) in [6, 6.07) is 9.99. The second kappa shape index (κ2) is 13.9. The standard InChI is InChI=1S/C21H34O3/c1-3-5-7-9-13-17-20(19-15-11-10-12-16-19)24-21(22)23-18-14-8-6-4-2/h10-12,15-16,20H,3-9,13-14,17-18H2,1-2H3. The van der Waals surface area contributed by atoms with E-state index in [1.165, 1.54) is 38.5 Å². The lowest BCUT2D eigenvalue weighted by Gasteiger charge is -2.18. The molecule has 0 aliphatic heterocycles. The van der Waals surface area contributed by atoms with Crippen LogP contribution < -0.4 is 0 Å². The van der Waals surface area contributed by atoms with Gasteiger partial charge in [-0.2, -0.15) is 0 Å². The topological polar surface area (TPSA) is 35.5 Å². The Morgan fingerprint density at radius 3 is 2.17 bits per heavy atom. The molecule has 0 aliphatic rings. The van der Waals surface area contributed by atoms with E-state index in [1.54, 1.807) is 0 Å². The number of ether oxygens (including phenoxy) is 2. The van der Waals surface area contributed by atoms with Gasteiger partial charge in [-0.05, 0) is 24.8 Å². The number of carbonyl (C=O) groups is 1. The van der Waals surface area contributed by atoms with Crippen molar-refractivity contribution in [3.8, 4) is 0 Å². The third-order valence-electron chi connectivity index (χ3n) is 4.20. The SMILES string of the molecule is CCCCCCCC(OC(=O)OCCCCCC)c1ccccc1. The average Bonchev–Trinajstić information content (AvgIpc) is 2.61. The zero-order chi connectivity index (χ0) is 17.5. The molecule has 0 saturated carbocycles. The molecule has 0 heterocycles. The van der Waals surface area contributed by atoms with E-state index in [4.69, 9.17) is 9.47 Å². The molecule has 0 fully saturated rings. The van der Waals surface area contributed by atoms with E-state index in [1.807, 2.05) is 30.3 Å².